The van der Waals surface area contributed by atoms with E-state index in [-0.39, 0.29) is 5.82 Å². The molecule has 0 saturated carbocycles. The minimum Gasteiger partial charge on any atom is -0.320 e. The lowest BCUT2D eigenvalue weighted by atomic mass is 10.1. The van der Waals surface area contributed by atoms with Gasteiger partial charge in [-0.05, 0) is 64.0 Å². The molecule has 0 atom stereocenters. The van der Waals surface area contributed by atoms with Crippen molar-refractivity contribution >= 4 is 11.6 Å². The first kappa shape index (κ1) is 15.9. The quantitative estimate of drug-likeness (QED) is 0.856. The fourth-order valence-electron chi connectivity index (χ4n) is 2.33. The summed E-state index contributed by atoms with van der Waals surface area (Å²) in [6.07, 6.45) is 1.98. The molecule has 0 saturated heterocycles. The largest absolute Gasteiger partial charge is 0.320 e. The van der Waals surface area contributed by atoms with Crippen LogP contribution in [-0.4, -0.2) is 23.6 Å². The summed E-state index contributed by atoms with van der Waals surface area (Å²) in [5.41, 5.74) is 3.74. The molecule has 0 spiro atoms. The zero-order valence-corrected chi connectivity index (χ0v) is 13.3. The van der Waals surface area contributed by atoms with E-state index in [4.69, 9.17) is 11.6 Å². The highest BCUT2D eigenvalue weighted by atomic mass is 35.5. The first-order valence-electron chi connectivity index (χ1n) is 6.97. The summed E-state index contributed by atoms with van der Waals surface area (Å²) in [7, 11) is 1.94. The predicted molar refractivity (Wildman–Crippen MR) is 84.2 cm³/mol. The molecule has 1 aromatic heterocycles. The van der Waals surface area contributed by atoms with Gasteiger partial charge >= 0.3 is 0 Å². The Morgan fingerprint density at radius 3 is 2.43 bits per heavy atom. The van der Waals surface area contributed by atoms with Gasteiger partial charge in [0.25, 0.3) is 0 Å². The lowest BCUT2D eigenvalue weighted by Gasteiger charge is -2.11. The van der Waals surface area contributed by atoms with Crippen LogP contribution in [0, 0.1) is 19.7 Å². The van der Waals surface area contributed by atoms with Gasteiger partial charge in [0.05, 0.1) is 5.02 Å². The highest BCUT2D eigenvalue weighted by Gasteiger charge is 2.12. The molecule has 21 heavy (non-hydrogen) atoms. The van der Waals surface area contributed by atoms with Crippen molar-refractivity contribution in [3.8, 4) is 11.4 Å². The number of hydrogen-bond donors (Lipinski definition) is 1. The molecule has 1 heterocycles. The van der Waals surface area contributed by atoms with Crippen LogP contribution in [0.2, 0.25) is 5.02 Å². The minimum atomic E-state index is -0.360. The SMILES string of the molecule is CNCCCc1c(C)nc(-c2ccc(F)cc2Cl)nc1C. The molecule has 1 N–H and O–H groups in total. The molecule has 0 fully saturated rings. The van der Waals surface area contributed by atoms with Gasteiger partial charge in [0, 0.05) is 17.0 Å². The second kappa shape index (κ2) is 6.96. The van der Waals surface area contributed by atoms with E-state index in [9.17, 15) is 4.39 Å². The number of halogens is 2. The summed E-state index contributed by atoms with van der Waals surface area (Å²) < 4.78 is 13.1. The van der Waals surface area contributed by atoms with E-state index in [2.05, 4.69) is 15.3 Å². The van der Waals surface area contributed by atoms with Crippen LogP contribution in [0.4, 0.5) is 4.39 Å². The van der Waals surface area contributed by atoms with Crippen LogP contribution >= 0.6 is 11.6 Å². The zero-order valence-electron chi connectivity index (χ0n) is 12.5. The third-order valence-corrected chi connectivity index (χ3v) is 3.76. The van der Waals surface area contributed by atoms with Crippen LogP contribution in [0.1, 0.15) is 23.4 Å². The molecule has 3 nitrogen and oxygen atoms in total. The van der Waals surface area contributed by atoms with Crippen LogP contribution in [0.25, 0.3) is 11.4 Å². The smallest absolute Gasteiger partial charge is 0.161 e. The van der Waals surface area contributed by atoms with Crippen LogP contribution in [-0.2, 0) is 6.42 Å². The van der Waals surface area contributed by atoms with Crippen LogP contribution in [0.5, 0.6) is 0 Å². The van der Waals surface area contributed by atoms with Crippen molar-refractivity contribution < 1.29 is 4.39 Å². The van der Waals surface area contributed by atoms with Crippen molar-refractivity contribution in [3.05, 3.63) is 46.0 Å². The van der Waals surface area contributed by atoms with E-state index in [0.717, 1.165) is 30.8 Å². The van der Waals surface area contributed by atoms with E-state index in [0.29, 0.717) is 16.4 Å². The van der Waals surface area contributed by atoms with Crippen LogP contribution < -0.4 is 5.32 Å². The average Bonchev–Trinajstić information content (AvgIpc) is 2.41. The summed E-state index contributed by atoms with van der Waals surface area (Å²) in [6.45, 7) is 4.92. The second-order valence-electron chi connectivity index (χ2n) is 5.03. The topological polar surface area (TPSA) is 37.8 Å². The summed E-state index contributed by atoms with van der Waals surface area (Å²) in [6, 6.07) is 4.27. The van der Waals surface area contributed by atoms with Crippen molar-refractivity contribution in [1.82, 2.24) is 15.3 Å². The average molecular weight is 308 g/mol. The number of hydrogen-bond acceptors (Lipinski definition) is 3. The molecule has 1 aromatic carbocycles. The molecule has 112 valence electrons. The summed E-state index contributed by atoms with van der Waals surface area (Å²) >= 11 is 6.08. The number of nitrogens with one attached hydrogen (secondary N) is 1. The number of benzene rings is 1. The Bertz CT molecular complexity index is 620. The zero-order chi connectivity index (χ0) is 15.4. The van der Waals surface area contributed by atoms with Gasteiger partial charge in [-0.1, -0.05) is 11.6 Å². The highest BCUT2D eigenvalue weighted by Crippen LogP contribution is 2.27. The fourth-order valence-corrected chi connectivity index (χ4v) is 2.59. The first-order valence-corrected chi connectivity index (χ1v) is 7.35. The second-order valence-corrected chi connectivity index (χ2v) is 5.44. The predicted octanol–water partition coefficient (Wildman–Crippen LogP) is 3.70. The standard InChI is InChI=1S/C16H19ClFN3/c1-10-13(5-4-8-19-3)11(2)21-16(20-10)14-7-6-12(18)9-15(14)17/h6-7,9,19H,4-5,8H2,1-3H3. The van der Waals surface area contributed by atoms with E-state index in [1.54, 1.807) is 6.07 Å². The van der Waals surface area contributed by atoms with Crippen molar-refractivity contribution in [2.75, 3.05) is 13.6 Å². The number of rotatable bonds is 5. The monoisotopic (exact) mass is 307 g/mol. The van der Waals surface area contributed by atoms with Gasteiger partial charge in [-0.3, -0.25) is 0 Å². The molecular weight excluding hydrogens is 289 g/mol. The van der Waals surface area contributed by atoms with Gasteiger partial charge in [0.2, 0.25) is 0 Å². The van der Waals surface area contributed by atoms with Crippen molar-refractivity contribution in [2.24, 2.45) is 0 Å². The molecule has 0 aliphatic carbocycles. The summed E-state index contributed by atoms with van der Waals surface area (Å²) in [4.78, 5) is 9.07. The fraction of sp³-hybridized carbons (Fsp3) is 0.375. The number of nitrogens with zero attached hydrogens (tertiary/aromatic N) is 2. The van der Waals surface area contributed by atoms with Gasteiger partial charge in [0.1, 0.15) is 5.82 Å². The summed E-state index contributed by atoms with van der Waals surface area (Å²) in [5.74, 6) is 0.188. The summed E-state index contributed by atoms with van der Waals surface area (Å²) in [5, 5.41) is 3.46. The number of aryl methyl sites for hydroxylation is 2. The Hall–Kier alpha value is -1.52. The first-order chi connectivity index (χ1) is 10.0. The van der Waals surface area contributed by atoms with Gasteiger partial charge in [0.15, 0.2) is 5.82 Å². The maximum Gasteiger partial charge on any atom is 0.161 e. The van der Waals surface area contributed by atoms with E-state index >= 15 is 0 Å². The molecule has 0 unspecified atom stereocenters. The maximum absolute atomic E-state index is 13.1. The van der Waals surface area contributed by atoms with Gasteiger partial charge in [-0.25, -0.2) is 14.4 Å². The molecule has 0 bridgehead atoms. The Morgan fingerprint density at radius 2 is 1.86 bits per heavy atom. The molecule has 2 aromatic rings. The molecule has 0 aliphatic rings. The van der Waals surface area contributed by atoms with E-state index in [1.807, 2.05) is 20.9 Å². The van der Waals surface area contributed by atoms with Crippen LogP contribution in [0.3, 0.4) is 0 Å². The number of aromatic nitrogens is 2. The molecule has 0 aliphatic heterocycles. The highest BCUT2D eigenvalue weighted by molar-refractivity contribution is 6.33. The van der Waals surface area contributed by atoms with Crippen molar-refractivity contribution in [1.29, 1.82) is 0 Å². The Labute approximate surface area is 129 Å². The van der Waals surface area contributed by atoms with Crippen molar-refractivity contribution in [3.63, 3.8) is 0 Å². The van der Waals surface area contributed by atoms with Crippen LogP contribution in [0.15, 0.2) is 18.2 Å². The van der Waals surface area contributed by atoms with E-state index < -0.39 is 0 Å². The van der Waals surface area contributed by atoms with Crippen molar-refractivity contribution in [2.45, 2.75) is 26.7 Å². The Balaban J connectivity index is 2.35. The molecule has 0 amide bonds. The maximum atomic E-state index is 13.1. The van der Waals surface area contributed by atoms with Gasteiger partial charge in [-0.2, -0.15) is 0 Å². The van der Waals surface area contributed by atoms with E-state index in [1.165, 1.54) is 17.7 Å². The molecule has 0 radical (unpaired) electrons. The Kier molecular flexibility index (Phi) is 5.26. The minimum absolute atomic E-state index is 0.330. The lowest BCUT2D eigenvalue weighted by molar-refractivity contribution is 0.628. The van der Waals surface area contributed by atoms with Gasteiger partial charge in [-0.15, -0.1) is 0 Å². The molecular formula is C16H19ClFN3. The normalized spacial score (nSPS) is 10.9. The third-order valence-electron chi connectivity index (χ3n) is 3.45. The van der Waals surface area contributed by atoms with Gasteiger partial charge < -0.3 is 5.32 Å². The third kappa shape index (κ3) is 3.77. The lowest BCUT2D eigenvalue weighted by Crippen LogP contribution is -2.10. The Morgan fingerprint density at radius 1 is 1.19 bits per heavy atom. The molecule has 2 rings (SSSR count). The molecule has 5 heteroatoms.